The third-order valence-electron chi connectivity index (χ3n) is 8.12. The van der Waals surface area contributed by atoms with Crippen LogP contribution in [0.1, 0.15) is 73.4 Å². The minimum absolute atomic E-state index is 0.0586. The van der Waals surface area contributed by atoms with Crippen molar-refractivity contribution in [3.63, 3.8) is 0 Å². The molecule has 2 aromatic carbocycles. The number of nitrogens with zero attached hydrogens (tertiary/aromatic N) is 3. The van der Waals surface area contributed by atoms with E-state index < -0.39 is 0 Å². The van der Waals surface area contributed by atoms with Crippen LogP contribution in [0.15, 0.2) is 48.0 Å². The Morgan fingerprint density at radius 2 is 1.85 bits per heavy atom. The molecule has 2 aliphatic rings. The molecule has 1 N–H and O–H groups in total. The van der Waals surface area contributed by atoms with E-state index in [-0.39, 0.29) is 11.8 Å². The maximum absolute atomic E-state index is 13.8. The first-order chi connectivity index (χ1) is 19.9. The van der Waals surface area contributed by atoms with Crippen LogP contribution in [-0.4, -0.2) is 66.0 Å². The van der Waals surface area contributed by atoms with Gasteiger partial charge in [0.2, 0.25) is 0 Å². The Hall–Kier alpha value is -3.07. The summed E-state index contributed by atoms with van der Waals surface area (Å²) in [7, 11) is 3.79. The predicted molar refractivity (Wildman–Crippen MR) is 169 cm³/mol. The first-order valence-electron chi connectivity index (χ1n) is 14.9. The number of amides is 2. The minimum atomic E-state index is -0.135. The fourth-order valence-corrected chi connectivity index (χ4v) is 6.41. The van der Waals surface area contributed by atoms with Gasteiger partial charge in [0.1, 0.15) is 0 Å². The summed E-state index contributed by atoms with van der Waals surface area (Å²) in [5, 5.41) is 1.16. The van der Waals surface area contributed by atoms with Crippen LogP contribution in [0, 0.1) is 0 Å². The van der Waals surface area contributed by atoms with Gasteiger partial charge in [0.25, 0.3) is 11.8 Å². The number of hydrogen-bond acceptors (Lipinski definition) is 5. The second kappa shape index (κ2) is 13.3. The van der Waals surface area contributed by atoms with E-state index >= 15 is 0 Å². The number of fused-ring (bicyclic) bond motifs is 5. The number of aromatic nitrogens is 1. The smallest absolute Gasteiger partial charge is 0.262 e. The number of hydrogen-bond donors (Lipinski definition) is 1. The molecule has 5 rings (SSSR count). The normalized spacial score (nSPS) is 15.7. The highest BCUT2D eigenvalue weighted by Gasteiger charge is 2.30. The number of benzene rings is 2. The van der Waals surface area contributed by atoms with E-state index in [1.165, 1.54) is 49.1 Å². The zero-order valence-electron chi connectivity index (χ0n) is 24.7. The number of unbranched alkanes of at least 4 members (excludes halogenated alkanes) is 3. The first kappa shape index (κ1) is 29.4. The number of ether oxygens (including phenoxy) is 1. The van der Waals surface area contributed by atoms with Crippen LogP contribution < -0.4 is 4.72 Å². The van der Waals surface area contributed by atoms with Crippen LogP contribution in [0.2, 0.25) is 0 Å². The molecule has 3 heterocycles. The van der Waals surface area contributed by atoms with E-state index in [0.29, 0.717) is 44.3 Å². The molecule has 41 heavy (non-hydrogen) atoms. The van der Waals surface area contributed by atoms with Crippen LogP contribution in [0.25, 0.3) is 28.2 Å². The average Bonchev–Trinajstić information content (AvgIpc) is 3.20. The third-order valence-corrected chi connectivity index (χ3v) is 8.76. The molecular formula is C33H42N4O3S. The molecule has 0 bridgehead atoms. The van der Waals surface area contributed by atoms with E-state index in [1.54, 1.807) is 0 Å². The molecule has 1 aromatic heterocycles. The van der Waals surface area contributed by atoms with Crippen molar-refractivity contribution >= 4 is 40.9 Å². The standard InChI is InChI=1S/C33H42N4O3S/c1-5-6-7-8-11-23(2)30-28-15-14-25(32(38)34-41-35(3)4)21-29(28)37-22-26(33(39)36-16-18-40-19-17-36)20-24-12-9-10-13-27(24)31(30)37/h9-10,12-15,20-21,23H,5-8,11,16-19,22H2,1-4H3,(H,34,38). The lowest BCUT2D eigenvalue weighted by atomic mass is 9.89. The third kappa shape index (κ3) is 6.40. The second-order valence-corrected chi connectivity index (χ2v) is 12.4. The average molecular weight is 575 g/mol. The first-order valence-corrected chi connectivity index (χ1v) is 15.6. The van der Waals surface area contributed by atoms with Crippen molar-refractivity contribution in [2.45, 2.75) is 58.4 Å². The molecule has 1 unspecified atom stereocenters. The van der Waals surface area contributed by atoms with Crippen molar-refractivity contribution in [3.05, 3.63) is 64.7 Å². The van der Waals surface area contributed by atoms with Crippen LogP contribution in [0.4, 0.5) is 0 Å². The summed E-state index contributed by atoms with van der Waals surface area (Å²) in [6.07, 6.45) is 8.07. The highest BCUT2D eigenvalue weighted by molar-refractivity contribution is 7.95. The van der Waals surface area contributed by atoms with Gasteiger partial charge in [-0.1, -0.05) is 69.9 Å². The Labute approximate surface area is 248 Å². The number of carbonyl (C=O) groups is 2. The van der Waals surface area contributed by atoms with Crippen molar-refractivity contribution in [2.75, 3.05) is 40.4 Å². The highest BCUT2D eigenvalue weighted by Crippen LogP contribution is 2.44. The van der Waals surface area contributed by atoms with E-state index in [9.17, 15) is 9.59 Å². The van der Waals surface area contributed by atoms with Crippen molar-refractivity contribution in [1.29, 1.82) is 0 Å². The van der Waals surface area contributed by atoms with E-state index in [2.05, 4.69) is 53.5 Å². The lowest BCUT2D eigenvalue weighted by Gasteiger charge is -2.28. The molecule has 218 valence electrons. The van der Waals surface area contributed by atoms with E-state index in [4.69, 9.17) is 4.74 Å². The molecule has 2 aliphatic heterocycles. The second-order valence-electron chi connectivity index (χ2n) is 11.3. The van der Waals surface area contributed by atoms with E-state index in [0.717, 1.165) is 34.0 Å². The zero-order valence-corrected chi connectivity index (χ0v) is 25.6. The van der Waals surface area contributed by atoms with Crippen LogP contribution in [0.5, 0.6) is 0 Å². The van der Waals surface area contributed by atoms with Crippen molar-refractivity contribution in [1.82, 2.24) is 18.5 Å². The Morgan fingerprint density at radius 3 is 2.61 bits per heavy atom. The summed E-state index contributed by atoms with van der Waals surface area (Å²) in [4.78, 5) is 28.9. The van der Waals surface area contributed by atoms with Crippen LogP contribution in [-0.2, 0) is 16.1 Å². The molecule has 1 fully saturated rings. The van der Waals surface area contributed by atoms with Crippen molar-refractivity contribution in [3.8, 4) is 11.3 Å². The lowest BCUT2D eigenvalue weighted by Crippen LogP contribution is -2.41. The molecule has 8 heteroatoms. The summed E-state index contributed by atoms with van der Waals surface area (Å²) >= 11 is 1.26. The fourth-order valence-electron chi connectivity index (χ4n) is 6.03. The lowest BCUT2D eigenvalue weighted by molar-refractivity contribution is -0.131. The molecule has 1 saturated heterocycles. The highest BCUT2D eigenvalue weighted by atomic mass is 32.2. The molecule has 1 atom stereocenters. The Bertz CT molecular complexity index is 1440. The van der Waals surface area contributed by atoms with Gasteiger partial charge in [-0.05, 0) is 55.8 Å². The Morgan fingerprint density at radius 1 is 1.07 bits per heavy atom. The quantitative estimate of drug-likeness (QED) is 0.221. The monoisotopic (exact) mass is 574 g/mol. The molecule has 3 aromatic rings. The van der Waals surface area contributed by atoms with Gasteiger partial charge in [0.15, 0.2) is 0 Å². The number of carbonyl (C=O) groups excluding carboxylic acids is 2. The Balaban J connectivity index is 1.65. The van der Waals surface area contributed by atoms with E-state index in [1.807, 2.05) is 41.5 Å². The molecule has 0 spiro atoms. The zero-order chi connectivity index (χ0) is 28.9. The molecule has 7 nitrogen and oxygen atoms in total. The fraction of sp³-hybridized carbons (Fsp3) is 0.455. The predicted octanol–water partition coefficient (Wildman–Crippen LogP) is 6.49. The van der Waals surface area contributed by atoms with Crippen molar-refractivity contribution < 1.29 is 14.3 Å². The summed E-state index contributed by atoms with van der Waals surface area (Å²) in [5.41, 5.74) is 7.04. The van der Waals surface area contributed by atoms with Crippen LogP contribution in [0.3, 0.4) is 0 Å². The largest absolute Gasteiger partial charge is 0.378 e. The maximum atomic E-state index is 13.8. The van der Waals surface area contributed by atoms with Crippen molar-refractivity contribution in [2.24, 2.45) is 0 Å². The van der Waals surface area contributed by atoms with Crippen LogP contribution >= 0.6 is 12.1 Å². The van der Waals surface area contributed by atoms with Gasteiger partial charge in [0, 0.05) is 52.8 Å². The Kier molecular flexibility index (Phi) is 9.53. The summed E-state index contributed by atoms with van der Waals surface area (Å²) in [6.45, 7) is 7.37. The van der Waals surface area contributed by atoms with Gasteiger partial charge in [-0.15, -0.1) is 0 Å². The SMILES string of the molecule is CCCCCCC(C)c1c2n(c3cc(C(=O)NSN(C)C)ccc13)CC(C(=O)N1CCOCC1)=Cc1ccccc1-2. The van der Waals surface area contributed by atoms with Gasteiger partial charge in [-0.3, -0.25) is 14.3 Å². The topological polar surface area (TPSA) is 66.8 Å². The molecule has 0 aliphatic carbocycles. The van der Waals surface area contributed by atoms with Gasteiger partial charge in [0.05, 0.1) is 25.5 Å². The number of nitrogens with one attached hydrogen (secondary N) is 1. The minimum Gasteiger partial charge on any atom is -0.378 e. The molecule has 0 saturated carbocycles. The number of rotatable bonds is 10. The summed E-state index contributed by atoms with van der Waals surface area (Å²) < 4.78 is 12.6. The summed E-state index contributed by atoms with van der Waals surface area (Å²) in [5.74, 6) is 0.256. The molecule has 2 amide bonds. The molecule has 0 radical (unpaired) electrons. The number of morpholine rings is 1. The summed E-state index contributed by atoms with van der Waals surface area (Å²) in [6, 6.07) is 14.5. The van der Waals surface area contributed by atoms with Gasteiger partial charge >= 0.3 is 0 Å². The van der Waals surface area contributed by atoms with Gasteiger partial charge in [-0.2, -0.15) is 0 Å². The molecular weight excluding hydrogens is 532 g/mol. The van der Waals surface area contributed by atoms with Gasteiger partial charge in [-0.25, -0.2) is 4.31 Å². The maximum Gasteiger partial charge on any atom is 0.262 e. The van der Waals surface area contributed by atoms with Gasteiger partial charge < -0.3 is 14.2 Å².